The summed E-state index contributed by atoms with van der Waals surface area (Å²) >= 11 is 0. The molecule has 1 aliphatic heterocycles. The normalized spacial score (nSPS) is 17.9. The van der Waals surface area contributed by atoms with Crippen LogP contribution in [-0.2, 0) is 4.84 Å². The maximum Gasteiger partial charge on any atom is 0.254 e. The van der Waals surface area contributed by atoms with Crippen molar-refractivity contribution >= 4 is 11.6 Å². The number of hydrogen-bond donors (Lipinski definition) is 0. The number of rotatable bonds is 4. The summed E-state index contributed by atoms with van der Waals surface area (Å²) in [5.41, 5.74) is 3.53. The first kappa shape index (κ1) is 17.9. The molecular formula is C21H20N4O3. The number of aromatic nitrogens is 2. The number of nitrogens with zero attached hydrogens (tertiary/aromatic N) is 4. The molecule has 0 aliphatic carbocycles. The first-order valence-electron chi connectivity index (χ1n) is 9.01. The van der Waals surface area contributed by atoms with Crippen LogP contribution in [0, 0.1) is 6.92 Å². The summed E-state index contributed by atoms with van der Waals surface area (Å²) in [5.74, 6) is 0.835. The lowest BCUT2D eigenvalue weighted by Crippen LogP contribution is -2.31. The SMILES string of the molecule is CO/N=C1\C[C@@H](c2nc(C)no2)N(C(=O)c2ccc(-c3ccccc3)cc2)C1. The van der Waals surface area contributed by atoms with E-state index >= 15 is 0 Å². The Bertz CT molecular complexity index is 996. The van der Waals surface area contributed by atoms with Gasteiger partial charge in [0.2, 0.25) is 5.89 Å². The summed E-state index contributed by atoms with van der Waals surface area (Å²) in [4.78, 5) is 24.1. The van der Waals surface area contributed by atoms with Gasteiger partial charge in [0.15, 0.2) is 5.82 Å². The van der Waals surface area contributed by atoms with Crippen molar-refractivity contribution in [2.24, 2.45) is 5.16 Å². The van der Waals surface area contributed by atoms with Gasteiger partial charge in [-0.1, -0.05) is 52.8 Å². The lowest BCUT2D eigenvalue weighted by Gasteiger charge is -2.21. The molecule has 2 heterocycles. The van der Waals surface area contributed by atoms with Gasteiger partial charge in [0.25, 0.3) is 5.91 Å². The van der Waals surface area contributed by atoms with Gasteiger partial charge in [-0.25, -0.2) is 0 Å². The predicted octanol–water partition coefficient (Wildman–Crippen LogP) is 3.63. The number of likely N-dealkylation sites (tertiary alicyclic amines) is 1. The molecule has 0 saturated carbocycles. The lowest BCUT2D eigenvalue weighted by molar-refractivity contribution is 0.0713. The molecule has 1 aliphatic rings. The van der Waals surface area contributed by atoms with Crippen LogP contribution >= 0.6 is 0 Å². The van der Waals surface area contributed by atoms with Crippen LogP contribution in [0.2, 0.25) is 0 Å². The van der Waals surface area contributed by atoms with Gasteiger partial charge in [0.05, 0.1) is 12.3 Å². The van der Waals surface area contributed by atoms with Crippen molar-refractivity contribution < 1.29 is 14.2 Å². The molecule has 1 saturated heterocycles. The van der Waals surface area contributed by atoms with E-state index in [9.17, 15) is 4.79 Å². The fraction of sp³-hybridized carbons (Fsp3) is 0.238. The molecule has 7 heteroatoms. The van der Waals surface area contributed by atoms with Crippen molar-refractivity contribution in [3.8, 4) is 11.1 Å². The zero-order valence-electron chi connectivity index (χ0n) is 15.7. The highest BCUT2D eigenvalue weighted by molar-refractivity contribution is 6.00. The number of benzene rings is 2. The quantitative estimate of drug-likeness (QED) is 0.650. The molecule has 1 aromatic heterocycles. The van der Waals surface area contributed by atoms with Crippen molar-refractivity contribution in [3.05, 3.63) is 71.9 Å². The van der Waals surface area contributed by atoms with Crippen LogP contribution in [0.15, 0.2) is 64.3 Å². The van der Waals surface area contributed by atoms with Crippen LogP contribution in [0.1, 0.15) is 34.5 Å². The molecule has 3 aromatic rings. The van der Waals surface area contributed by atoms with Crippen LogP contribution < -0.4 is 0 Å². The minimum absolute atomic E-state index is 0.109. The van der Waals surface area contributed by atoms with Crippen molar-refractivity contribution in [3.63, 3.8) is 0 Å². The molecule has 28 heavy (non-hydrogen) atoms. The second-order valence-electron chi connectivity index (χ2n) is 6.62. The zero-order valence-corrected chi connectivity index (χ0v) is 15.7. The Morgan fingerprint density at radius 1 is 1.14 bits per heavy atom. The topological polar surface area (TPSA) is 80.8 Å². The lowest BCUT2D eigenvalue weighted by atomic mass is 10.0. The molecule has 4 rings (SSSR count). The Labute approximate surface area is 162 Å². The third-order valence-electron chi connectivity index (χ3n) is 4.71. The summed E-state index contributed by atoms with van der Waals surface area (Å²) in [6.45, 7) is 2.11. The summed E-state index contributed by atoms with van der Waals surface area (Å²) in [6, 6.07) is 17.3. The molecule has 1 atom stereocenters. The van der Waals surface area contributed by atoms with Crippen LogP contribution in [-0.4, -0.2) is 40.3 Å². The van der Waals surface area contributed by atoms with Crippen molar-refractivity contribution in [2.45, 2.75) is 19.4 Å². The first-order valence-corrected chi connectivity index (χ1v) is 9.01. The van der Waals surface area contributed by atoms with Gasteiger partial charge in [-0.15, -0.1) is 0 Å². The Morgan fingerprint density at radius 2 is 1.86 bits per heavy atom. The number of oxime groups is 1. The van der Waals surface area contributed by atoms with E-state index in [4.69, 9.17) is 9.36 Å². The van der Waals surface area contributed by atoms with E-state index < -0.39 is 0 Å². The molecular weight excluding hydrogens is 356 g/mol. The van der Waals surface area contributed by atoms with Gasteiger partial charge in [-0.05, 0) is 30.2 Å². The number of aryl methyl sites for hydroxylation is 1. The number of amides is 1. The summed E-state index contributed by atoms with van der Waals surface area (Å²) in [7, 11) is 1.49. The van der Waals surface area contributed by atoms with E-state index in [1.165, 1.54) is 7.11 Å². The number of carbonyl (C=O) groups is 1. The Hall–Kier alpha value is -3.48. The van der Waals surface area contributed by atoms with Crippen LogP contribution in [0.5, 0.6) is 0 Å². The molecule has 7 nitrogen and oxygen atoms in total. The van der Waals surface area contributed by atoms with E-state index in [0.717, 1.165) is 16.8 Å². The molecule has 0 bridgehead atoms. The Kier molecular flexibility index (Phi) is 4.89. The highest BCUT2D eigenvalue weighted by Crippen LogP contribution is 2.31. The third-order valence-corrected chi connectivity index (χ3v) is 4.71. The smallest absolute Gasteiger partial charge is 0.254 e. The van der Waals surface area contributed by atoms with Gasteiger partial charge in [0.1, 0.15) is 13.2 Å². The minimum atomic E-state index is -0.351. The van der Waals surface area contributed by atoms with Crippen molar-refractivity contribution in [1.29, 1.82) is 0 Å². The second-order valence-corrected chi connectivity index (χ2v) is 6.62. The van der Waals surface area contributed by atoms with E-state index in [1.807, 2.05) is 54.6 Å². The molecule has 1 fully saturated rings. The molecule has 142 valence electrons. The average molecular weight is 376 g/mol. The summed E-state index contributed by atoms with van der Waals surface area (Å²) < 4.78 is 5.32. The minimum Gasteiger partial charge on any atom is -0.399 e. The molecule has 2 aromatic carbocycles. The van der Waals surface area contributed by atoms with Crippen LogP contribution in [0.3, 0.4) is 0 Å². The predicted molar refractivity (Wildman–Crippen MR) is 104 cm³/mol. The summed E-state index contributed by atoms with van der Waals surface area (Å²) in [5, 5.41) is 7.87. The highest BCUT2D eigenvalue weighted by atomic mass is 16.6. The number of carbonyl (C=O) groups excluding carboxylic acids is 1. The largest absolute Gasteiger partial charge is 0.399 e. The first-order chi connectivity index (χ1) is 13.7. The van der Waals surface area contributed by atoms with Crippen LogP contribution in [0.25, 0.3) is 11.1 Å². The summed E-state index contributed by atoms with van der Waals surface area (Å²) in [6.07, 6.45) is 0.503. The monoisotopic (exact) mass is 376 g/mol. The molecule has 0 radical (unpaired) electrons. The third kappa shape index (κ3) is 3.51. The standard InChI is InChI=1S/C21H20N4O3/c1-14-22-20(28-23-14)19-12-18(24-27-2)13-25(19)21(26)17-10-8-16(9-11-17)15-6-4-3-5-7-15/h3-11,19H,12-13H2,1-2H3/b24-18+/t19-/m0/s1. The highest BCUT2D eigenvalue weighted by Gasteiger charge is 2.38. The second kappa shape index (κ2) is 7.64. The van der Waals surface area contributed by atoms with Crippen LogP contribution in [0.4, 0.5) is 0 Å². The van der Waals surface area contributed by atoms with Gasteiger partial charge in [0, 0.05) is 12.0 Å². The van der Waals surface area contributed by atoms with E-state index in [0.29, 0.717) is 30.2 Å². The Morgan fingerprint density at radius 3 is 2.50 bits per heavy atom. The molecule has 0 spiro atoms. The Balaban J connectivity index is 1.60. The average Bonchev–Trinajstić information content (AvgIpc) is 3.35. The van der Waals surface area contributed by atoms with Crippen molar-refractivity contribution in [2.75, 3.05) is 13.7 Å². The van der Waals surface area contributed by atoms with E-state index in [-0.39, 0.29) is 11.9 Å². The van der Waals surface area contributed by atoms with Gasteiger partial charge in [-0.3, -0.25) is 4.79 Å². The van der Waals surface area contributed by atoms with Crippen molar-refractivity contribution in [1.82, 2.24) is 15.0 Å². The van der Waals surface area contributed by atoms with Gasteiger partial charge < -0.3 is 14.3 Å². The molecule has 1 amide bonds. The fourth-order valence-electron chi connectivity index (χ4n) is 3.38. The maximum atomic E-state index is 13.2. The van der Waals surface area contributed by atoms with Gasteiger partial charge >= 0.3 is 0 Å². The van der Waals surface area contributed by atoms with Gasteiger partial charge in [-0.2, -0.15) is 4.98 Å². The molecule has 0 N–H and O–H groups in total. The maximum absolute atomic E-state index is 13.2. The van der Waals surface area contributed by atoms with E-state index in [1.54, 1.807) is 11.8 Å². The van der Waals surface area contributed by atoms with E-state index in [2.05, 4.69) is 15.3 Å². The fourth-order valence-corrected chi connectivity index (χ4v) is 3.38. The molecule has 0 unspecified atom stereocenters. The zero-order chi connectivity index (χ0) is 19.5. The number of hydrogen-bond acceptors (Lipinski definition) is 6.